The molecule has 0 bridgehead atoms. The van der Waals surface area contributed by atoms with E-state index < -0.39 is 44.6 Å². The number of sulfone groups is 1. The van der Waals surface area contributed by atoms with E-state index in [4.69, 9.17) is 4.74 Å². The van der Waals surface area contributed by atoms with Crippen LogP contribution in [0.5, 0.6) is 5.75 Å². The Balaban J connectivity index is 1.44. The summed E-state index contributed by atoms with van der Waals surface area (Å²) >= 11 is 0. The molecule has 0 radical (unpaired) electrons. The van der Waals surface area contributed by atoms with Gasteiger partial charge in [-0.3, -0.25) is 9.69 Å². The Labute approximate surface area is 267 Å². The molecule has 0 aromatic heterocycles. The maximum atomic E-state index is 14.4. The molecule has 0 saturated carbocycles. The summed E-state index contributed by atoms with van der Waals surface area (Å²) in [6.45, 7) is 3.64. The molecule has 242 valence electrons. The van der Waals surface area contributed by atoms with Crippen molar-refractivity contribution in [2.75, 3.05) is 43.3 Å². The molecular weight excluding hydrogens is 611 g/mol. The van der Waals surface area contributed by atoms with Gasteiger partial charge in [-0.25, -0.2) is 17.6 Å². The molecule has 3 amide bonds. The van der Waals surface area contributed by atoms with E-state index in [1.54, 1.807) is 43.1 Å². The van der Waals surface area contributed by atoms with Gasteiger partial charge in [-0.1, -0.05) is 61.5 Å². The van der Waals surface area contributed by atoms with E-state index in [1.165, 1.54) is 23.1 Å². The van der Waals surface area contributed by atoms with Gasteiger partial charge in [0.2, 0.25) is 0 Å². The zero-order valence-corrected chi connectivity index (χ0v) is 26.6. The zero-order valence-electron chi connectivity index (χ0n) is 25.8. The Bertz CT molecular complexity index is 1850. The van der Waals surface area contributed by atoms with Crippen LogP contribution in [0.1, 0.15) is 24.2 Å². The van der Waals surface area contributed by atoms with Crippen LogP contribution in [-0.4, -0.2) is 80.0 Å². The fourth-order valence-electron chi connectivity index (χ4n) is 5.59. The van der Waals surface area contributed by atoms with Gasteiger partial charge in [0, 0.05) is 24.4 Å². The fourth-order valence-corrected chi connectivity index (χ4v) is 7.06. The molecular formula is C34H37FN4O6S. The molecule has 1 aliphatic heterocycles. The van der Waals surface area contributed by atoms with Gasteiger partial charge in [-0.2, -0.15) is 0 Å². The van der Waals surface area contributed by atoms with Crippen molar-refractivity contribution in [3.63, 3.8) is 0 Å². The van der Waals surface area contributed by atoms with Gasteiger partial charge in [0.15, 0.2) is 15.6 Å². The number of para-hydroxylation sites is 1. The van der Waals surface area contributed by atoms with Crippen LogP contribution in [0.25, 0.3) is 10.8 Å². The number of carbonyl (C=O) groups is 2. The van der Waals surface area contributed by atoms with Gasteiger partial charge in [0.25, 0.3) is 5.91 Å². The quantitative estimate of drug-likeness (QED) is 0.228. The topological polar surface area (TPSA) is 128 Å². The number of likely N-dealkylation sites (N-methyl/N-ethyl adjacent to an activating group) is 1. The minimum Gasteiger partial charge on any atom is -0.486 e. The Morgan fingerprint density at radius 1 is 1.02 bits per heavy atom. The molecule has 3 unspecified atom stereocenters. The van der Waals surface area contributed by atoms with Crippen LogP contribution in [0.15, 0.2) is 89.8 Å². The second-order valence-corrected chi connectivity index (χ2v) is 13.6. The molecule has 5 rings (SSSR count). The van der Waals surface area contributed by atoms with Crippen LogP contribution < -0.4 is 15.4 Å². The van der Waals surface area contributed by atoms with E-state index in [-0.39, 0.29) is 48.5 Å². The van der Waals surface area contributed by atoms with Crippen molar-refractivity contribution in [2.45, 2.75) is 30.9 Å². The first-order valence-corrected chi connectivity index (χ1v) is 16.6. The lowest BCUT2D eigenvalue weighted by Gasteiger charge is -2.38. The number of aliphatic hydroxyl groups excluding tert-OH is 1. The molecule has 3 atom stereocenters. The first-order chi connectivity index (χ1) is 22.0. The normalized spacial score (nSPS) is 17.5. The van der Waals surface area contributed by atoms with Crippen LogP contribution in [0.4, 0.5) is 20.6 Å². The third-order valence-corrected chi connectivity index (χ3v) is 9.81. The van der Waals surface area contributed by atoms with Crippen LogP contribution in [0.3, 0.4) is 0 Å². The molecule has 1 aliphatic rings. The number of nitrogens with one attached hydrogen (secondary N) is 2. The summed E-state index contributed by atoms with van der Waals surface area (Å²) in [7, 11) is -2.42. The number of rotatable bonds is 9. The summed E-state index contributed by atoms with van der Waals surface area (Å²) in [5, 5.41) is 17.5. The number of anilines is 2. The number of aliphatic hydroxyl groups is 1. The van der Waals surface area contributed by atoms with Gasteiger partial charge in [-0.05, 0) is 49.7 Å². The highest BCUT2D eigenvalue weighted by molar-refractivity contribution is 7.91. The number of hydrogen-bond donors (Lipinski definition) is 3. The van der Waals surface area contributed by atoms with E-state index in [0.717, 1.165) is 16.8 Å². The minimum atomic E-state index is -4.01. The van der Waals surface area contributed by atoms with Crippen LogP contribution in [0, 0.1) is 11.7 Å². The van der Waals surface area contributed by atoms with Crippen molar-refractivity contribution in [1.29, 1.82) is 0 Å². The fraction of sp³-hybridized carbons (Fsp3) is 0.294. The molecule has 0 aliphatic carbocycles. The molecule has 4 aromatic carbocycles. The number of nitrogens with zero attached hydrogens (tertiary/aromatic N) is 2. The predicted molar refractivity (Wildman–Crippen MR) is 175 cm³/mol. The van der Waals surface area contributed by atoms with Gasteiger partial charge < -0.3 is 25.4 Å². The molecule has 1 heterocycles. The van der Waals surface area contributed by atoms with E-state index in [0.29, 0.717) is 5.69 Å². The lowest BCUT2D eigenvalue weighted by Crippen LogP contribution is -2.50. The maximum Gasteiger partial charge on any atom is 0.323 e. The number of urea groups is 1. The van der Waals surface area contributed by atoms with Crippen molar-refractivity contribution in [1.82, 2.24) is 9.80 Å². The average molecular weight is 649 g/mol. The third kappa shape index (κ3) is 7.14. The van der Waals surface area contributed by atoms with Gasteiger partial charge in [-0.15, -0.1) is 0 Å². The Kier molecular flexibility index (Phi) is 9.90. The lowest BCUT2D eigenvalue weighted by atomic mass is 9.99. The van der Waals surface area contributed by atoms with Crippen LogP contribution >= 0.6 is 0 Å². The Hall–Kier alpha value is -4.52. The first-order valence-electron chi connectivity index (χ1n) is 14.9. The van der Waals surface area contributed by atoms with Crippen molar-refractivity contribution in [2.24, 2.45) is 5.92 Å². The molecule has 12 heteroatoms. The molecule has 0 spiro atoms. The van der Waals surface area contributed by atoms with Gasteiger partial charge in [0.1, 0.15) is 22.7 Å². The lowest BCUT2D eigenvalue weighted by molar-refractivity contribution is 0.0361. The molecule has 3 N–H and O–H groups in total. The number of hydrogen-bond acceptors (Lipinski definition) is 7. The molecule has 4 aromatic rings. The number of benzene rings is 4. The Morgan fingerprint density at radius 3 is 2.43 bits per heavy atom. The summed E-state index contributed by atoms with van der Waals surface area (Å²) in [6.07, 6.45) is -0.662. The molecule has 10 nitrogen and oxygen atoms in total. The van der Waals surface area contributed by atoms with Crippen molar-refractivity contribution in [3.05, 3.63) is 96.3 Å². The summed E-state index contributed by atoms with van der Waals surface area (Å²) < 4.78 is 47.0. The SMILES string of the molecule is CC1CN(C(C)CO)C(=O)c2cccc(NC(=O)Nc3cccc4ccccc34)c2OC1CN(C)CS(=O)(=O)c1ccccc1F. The average Bonchev–Trinajstić information content (AvgIpc) is 3.02. The van der Waals surface area contributed by atoms with E-state index in [9.17, 15) is 27.5 Å². The third-order valence-electron chi connectivity index (χ3n) is 8.03. The van der Waals surface area contributed by atoms with Crippen molar-refractivity contribution in [3.8, 4) is 5.75 Å². The zero-order chi connectivity index (χ0) is 33.0. The minimum absolute atomic E-state index is 0.0976. The highest BCUT2D eigenvalue weighted by atomic mass is 32.2. The maximum absolute atomic E-state index is 14.4. The smallest absolute Gasteiger partial charge is 0.323 e. The van der Waals surface area contributed by atoms with Crippen molar-refractivity contribution < 1.29 is 32.2 Å². The van der Waals surface area contributed by atoms with Crippen LogP contribution in [0.2, 0.25) is 0 Å². The number of fused-ring (bicyclic) bond motifs is 2. The van der Waals surface area contributed by atoms with Crippen molar-refractivity contribution >= 4 is 43.9 Å². The monoisotopic (exact) mass is 648 g/mol. The molecule has 46 heavy (non-hydrogen) atoms. The van der Waals surface area contributed by atoms with Crippen LogP contribution in [-0.2, 0) is 9.84 Å². The predicted octanol–water partition coefficient (Wildman–Crippen LogP) is 5.21. The van der Waals surface area contributed by atoms with E-state index >= 15 is 0 Å². The van der Waals surface area contributed by atoms with E-state index in [1.807, 2.05) is 43.3 Å². The molecule has 0 saturated heterocycles. The summed E-state index contributed by atoms with van der Waals surface area (Å²) in [4.78, 5) is 29.8. The summed E-state index contributed by atoms with van der Waals surface area (Å²) in [5.41, 5.74) is 1.02. The standard InChI is InChI=1S/C34H37FN4O6S/c1-22-18-39(23(2)20-40)33(41)26-13-9-16-29(37-34(42)36-28-15-8-11-24-10-4-5-12-25(24)28)32(26)45-30(22)19-38(3)21-46(43,44)31-17-7-6-14-27(31)35/h4-17,22-23,30,40H,18-21H2,1-3H3,(H2,36,37,42). The number of amides is 3. The summed E-state index contributed by atoms with van der Waals surface area (Å²) in [6, 6.07) is 22.2. The summed E-state index contributed by atoms with van der Waals surface area (Å²) in [5.74, 6) is -1.89. The number of carbonyl (C=O) groups excluding carboxylic acids is 2. The first kappa shape index (κ1) is 32.9. The van der Waals surface area contributed by atoms with Gasteiger partial charge in [0.05, 0.1) is 29.6 Å². The number of halogens is 1. The van der Waals surface area contributed by atoms with Gasteiger partial charge >= 0.3 is 6.03 Å². The van der Waals surface area contributed by atoms with E-state index in [2.05, 4.69) is 10.6 Å². The highest BCUT2D eigenvalue weighted by Gasteiger charge is 2.35. The molecule has 0 fully saturated rings. The second-order valence-electron chi connectivity index (χ2n) is 11.6. The second kappa shape index (κ2) is 13.9. The Morgan fingerprint density at radius 2 is 1.67 bits per heavy atom. The number of ether oxygens (including phenoxy) is 1. The largest absolute Gasteiger partial charge is 0.486 e. The highest BCUT2D eigenvalue weighted by Crippen LogP contribution is 2.35.